The molecule has 0 radical (unpaired) electrons. The highest BCUT2D eigenvalue weighted by molar-refractivity contribution is 6.00. The van der Waals surface area contributed by atoms with E-state index in [2.05, 4.69) is 64.1 Å². The Bertz CT molecular complexity index is 1070. The Morgan fingerprint density at radius 1 is 0.727 bits per heavy atom. The van der Waals surface area contributed by atoms with Crippen molar-refractivity contribution in [1.82, 2.24) is 0 Å². The molecule has 0 aromatic heterocycles. The molecule has 2 atom stereocenters. The third-order valence-electron chi connectivity index (χ3n) is 8.25. The maximum atomic E-state index is 6.20. The Hall–Kier alpha value is -2.62. The van der Waals surface area contributed by atoms with E-state index in [1.54, 1.807) is 0 Å². The lowest BCUT2D eigenvalue weighted by atomic mass is 9.73. The summed E-state index contributed by atoms with van der Waals surface area (Å²) in [5.74, 6) is 2.65. The van der Waals surface area contributed by atoms with Gasteiger partial charge in [0.15, 0.2) is 0 Å². The number of aryl methyl sites for hydroxylation is 2. The summed E-state index contributed by atoms with van der Waals surface area (Å²) in [6.07, 6.45) is 4.45. The number of nitrogens with zero attached hydrogens (tertiary/aromatic N) is 2. The van der Waals surface area contributed by atoms with Crippen LogP contribution in [-0.2, 0) is 27.7 Å². The Morgan fingerprint density at radius 3 is 1.58 bits per heavy atom. The largest absolute Gasteiger partial charge is 0.475 e. The minimum atomic E-state index is -0.0125. The molecular weight excluding hydrogens is 408 g/mol. The predicted octanol–water partition coefficient (Wildman–Crippen LogP) is 5.47. The van der Waals surface area contributed by atoms with E-state index < -0.39 is 0 Å². The van der Waals surface area contributed by atoms with E-state index in [0.29, 0.717) is 25.0 Å². The number of fused-ring (bicyclic) bond motifs is 4. The highest BCUT2D eigenvalue weighted by Crippen LogP contribution is 2.55. The number of hydrogen-bond acceptors (Lipinski definition) is 4. The van der Waals surface area contributed by atoms with Gasteiger partial charge in [0.05, 0.1) is 12.1 Å². The number of hydrogen-bond donors (Lipinski definition) is 0. The van der Waals surface area contributed by atoms with Gasteiger partial charge in [0.1, 0.15) is 13.2 Å². The van der Waals surface area contributed by atoms with Crippen LogP contribution in [0.1, 0.15) is 73.9 Å². The summed E-state index contributed by atoms with van der Waals surface area (Å²) >= 11 is 0. The Labute approximate surface area is 197 Å². The van der Waals surface area contributed by atoms with Crippen molar-refractivity contribution in [2.24, 2.45) is 21.8 Å². The van der Waals surface area contributed by atoms with Crippen LogP contribution in [0.4, 0.5) is 0 Å². The maximum Gasteiger partial charge on any atom is 0.216 e. The van der Waals surface area contributed by atoms with Gasteiger partial charge in [-0.25, -0.2) is 9.98 Å². The summed E-state index contributed by atoms with van der Waals surface area (Å²) in [6, 6.07) is 13.9. The van der Waals surface area contributed by atoms with Crippen molar-refractivity contribution in [3.8, 4) is 0 Å². The van der Waals surface area contributed by atoms with E-state index in [1.165, 1.54) is 33.4 Å². The molecule has 1 spiro atoms. The molecule has 172 valence electrons. The first-order valence-corrected chi connectivity index (χ1v) is 12.6. The zero-order valence-corrected chi connectivity index (χ0v) is 20.2. The molecule has 2 aliphatic carbocycles. The molecule has 0 N–H and O–H groups in total. The van der Waals surface area contributed by atoms with Gasteiger partial charge in [0.25, 0.3) is 0 Å². The molecule has 33 heavy (non-hydrogen) atoms. The highest BCUT2D eigenvalue weighted by Gasteiger charge is 2.49. The fourth-order valence-electron chi connectivity index (χ4n) is 6.31. The van der Waals surface area contributed by atoms with Crippen LogP contribution in [0.5, 0.6) is 0 Å². The van der Waals surface area contributed by atoms with Crippen molar-refractivity contribution in [1.29, 1.82) is 0 Å². The van der Waals surface area contributed by atoms with Crippen LogP contribution in [0.15, 0.2) is 46.4 Å². The van der Waals surface area contributed by atoms with Gasteiger partial charge in [-0.3, -0.25) is 0 Å². The quantitative estimate of drug-likeness (QED) is 0.630. The first-order valence-electron chi connectivity index (χ1n) is 12.6. The van der Waals surface area contributed by atoms with Crippen molar-refractivity contribution >= 4 is 11.8 Å². The lowest BCUT2D eigenvalue weighted by molar-refractivity contribution is 0.291. The van der Waals surface area contributed by atoms with Crippen molar-refractivity contribution in [2.75, 3.05) is 13.2 Å². The molecular formula is C29H34N2O2. The first-order chi connectivity index (χ1) is 16.0. The van der Waals surface area contributed by atoms with E-state index >= 15 is 0 Å². The SMILES string of the molecule is CC(C)[C@H]1COC(c2cccc3c2C2(CC3)CCc3cccc(C4=N[C@@H](C(C)C)CO4)c32)=N1. The summed E-state index contributed by atoms with van der Waals surface area (Å²) in [6.45, 7) is 10.3. The highest BCUT2D eigenvalue weighted by atomic mass is 16.5. The second-order valence-corrected chi connectivity index (χ2v) is 10.9. The molecule has 0 saturated heterocycles. The summed E-state index contributed by atoms with van der Waals surface area (Å²) in [4.78, 5) is 10.0. The maximum absolute atomic E-state index is 6.20. The minimum absolute atomic E-state index is 0.0125. The molecule has 2 aromatic rings. The number of ether oxygens (including phenoxy) is 2. The van der Waals surface area contributed by atoms with E-state index in [4.69, 9.17) is 19.5 Å². The summed E-state index contributed by atoms with van der Waals surface area (Å²) in [5, 5.41) is 0. The smallest absolute Gasteiger partial charge is 0.216 e. The van der Waals surface area contributed by atoms with Crippen molar-refractivity contribution < 1.29 is 9.47 Å². The van der Waals surface area contributed by atoms with Gasteiger partial charge in [-0.05, 0) is 71.9 Å². The summed E-state index contributed by atoms with van der Waals surface area (Å²) in [7, 11) is 0. The lowest BCUT2D eigenvalue weighted by Gasteiger charge is -2.30. The van der Waals surface area contributed by atoms with Crippen LogP contribution in [-0.4, -0.2) is 37.1 Å². The molecule has 4 nitrogen and oxygen atoms in total. The van der Waals surface area contributed by atoms with Gasteiger partial charge >= 0.3 is 0 Å². The first kappa shape index (κ1) is 20.9. The lowest BCUT2D eigenvalue weighted by Crippen LogP contribution is -2.27. The molecule has 2 aliphatic heterocycles. The fourth-order valence-corrected chi connectivity index (χ4v) is 6.31. The predicted molar refractivity (Wildman–Crippen MR) is 133 cm³/mol. The molecule has 0 fully saturated rings. The number of rotatable bonds is 4. The third kappa shape index (κ3) is 3.17. The molecule has 2 aromatic carbocycles. The molecule has 0 saturated carbocycles. The van der Waals surface area contributed by atoms with Gasteiger partial charge in [-0.1, -0.05) is 52.0 Å². The zero-order chi connectivity index (χ0) is 22.7. The standard InChI is InChI=1S/C29H34N2O2/c1-17(2)23-15-32-27(30-23)21-9-5-7-19-11-13-29(25(19)21)14-12-20-8-6-10-22(26(20)29)28-31-24(16-33-28)18(3)4/h5-10,17-18,23-24H,11-16H2,1-4H3/t23-,24-,29?/m1/s1. The van der Waals surface area contributed by atoms with E-state index in [-0.39, 0.29) is 17.5 Å². The van der Waals surface area contributed by atoms with Gasteiger partial charge in [-0.15, -0.1) is 0 Å². The molecule has 2 heterocycles. The molecule has 0 unspecified atom stereocenters. The molecule has 0 amide bonds. The van der Waals surface area contributed by atoms with E-state index in [1.807, 2.05) is 0 Å². The van der Waals surface area contributed by atoms with Crippen LogP contribution < -0.4 is 0 Å². The molecule has 6 rings (SSSR count). The third-order valence-corrected chi connectivity index (χ3v) is 8.25. The zero-order valence-electron chi connectivity index (χ0n) is 20.2. The second-order valence-electron chi connectivity index (χ2n) is 10.9. The van der Waals surface area contributed by atoms with Crippen LogP contribution in [0.3, 0.4) is 0 Å². The number of benzene rings is 2. The topological polar surface area (TPSA) is 43.2 Å². The van der Waals surface area contributed by atoms with Crippen LogP contribution in [0.25, 0.3) is 0 Å². The van der Waals surface area contributed by atoms with Crippen molar-refractivity contribution in [3.05, 3.63) is 69.8 Å². The summed E-state index contributed by atoms with van der Waals surface area (Å²) < 4.78 is 12.4. The minimum Gasteiger partial charge on any atom is -0.475 e. The Balaban J connectivity index is 1.50. The average Bonchev–Trinajstić information content (AvgIpc) is 3.60. The van der Waals surface area contributed by atoms with Gasteiger partial charge in [0, 0.05) is 16.5 Å². The van der Waals surface area contributed by atoms with Crippen molar-refractivity contribution in [2.45, 2.75) is 70.9 Å². The van der Waals surface area contributed by atoms with E-state index in [9.17, 15) is 0 Å². The summed E-state index contributed by atoms with van der Waals surface area (Å²) in [5.41, 5.74) is 8.17. The molecule has 0 bridgehead atoms. The van der Waals surface area contributed by atoms with Gasteiger partial charge in [-0.2, -0.15) is 0 Å². The van der Waals surface area contributed by atoms with Crippen LogP contribution >= 0.6 is 0 Å². The Morgan fingerprint density at radius 2 is 1.18 bits per heavy atom. The van der Waals surface area contributed by atoms with E-state index in [0.717, 1.165) is 37.5 Å². The second kappa shape index (κ2) is 7.72. The molecule has 4 aliphatic rings. The van der Waals surface area contributed by atoms with Gasteiger partial charge in [0.2, 0.25) is 11.8 Å². The molecule has 4 heteroatoms. The fraction of sp³-hybridized carbons (Fsp3) is 0.517. The van der Waals surface area contributed by atoms with Crippen LogP contribution in [0, 0.1) is 11.8 Å². The monoisotopic (exact) mass is 442 g/mol. The van der Waals surface area contributed by atoms with Crippen LogP contribution in [0.2, 0.25) is 0 Å². The van der Waals surface area contributed by atoms with Gasteiger partial charge < -0.3 is 9.47 Å². The van der Waals surface area contributed by atoms with Crippen molar-refractivity contribution in [3.63, 3.8) is 0 Å². The average molecular weight is 443 g/mol. The normalized spacial score (nSPS) is 24.7. The Kier molecular flexibility index (Phi) is 4.90. The number of aliphatic imine (C=N–C) groups is 2.